The Morgan fingerprint density at radius 3 is 2.07 bits per heavy atom. The van der Waals surface area contributed by atoms with Crippen molar-refractivity contribution in [3.05, 3.63) is 98.9 Å². The maximum atomic E-state index is 12.8. The zero-order valence-corrected chi connectivity index (χ0v) is 14.8. The average molecular weight is 381 g/mol. The lowest BCUT2D eigenvalue weighted by molar-refractivity contribution is -0.380. The number of thiophene rings is 1. The lowest BCUT2D eigenvalue weighted by Crippen LogP contribution is -2.43. The highest BCUT2D eigenvalue weighted by molar-refractivity contribution is 7.16. The summed E-state index contributed by atoms with van der Waals surface area (Å²) in [5.74, 6) is -0.734. The van der Waals surface area contributed by atoms with Gasteiger partial charge in [0, 0.05) is 6.07 Å². The van der Waals surface area contributed by atoms with Crippen molar-refractivity contribution in [2.45, 2.75) is 5.60 Å². The quantitative estimate of drug-likeness (QED) is 0.389. The zero-order chi connectivity index (χ0) is 19.3. The smallest absolute Gasteiger partial charge is 0.324 e. The second-order valence-corrected chi connectivity index (χ2v) is 6.67. The molecule has 8 heteroatoms. The molecule has 0 atom stereocenters. The topological polar surface area (TPSA) is 105 Å². The third-order valence-corrected chi connectivity index (χ3v) is 4.83. The molecule has 0 aliphatic heterocycles. The fraction of sp³-hybridized carbons (Fsp3) is 0.0526. The molecule has 136 valence electrons. The number of carbonyl (C=O) groups excluding carboxylic acids is 1. The van der Waals surface area contributed by atoms with Gasteiger partial charge in [-0.2, -0.15) is 5.10 Å². The van der Waals surface area contributed by atoms with Crippen LogP contribution in [0.2, 0.25) is 0 Å². The molecule has 0 saturated heterocycles. The first-order valence-electron chi connectivity index (χ1n) is 7.93. The molecule has 2 aromatic carbocycles. The fourth-order valence-corrected chi connectivity index (χ4v) is 3.23. The molecule has 7 nitrogen and oxygen atoms in total. The normalized spacial score (nSPS) is 11.4. The minimum Gasteiger partial charge on any atom is -0.372 e. The third kappa shape index (κ3) is 3.91. The fourth-order valence-electron chi connectivity index (χ4n) is 2.53. The van der Waals surface area contributed by atoms with E-state index in [1.807, 2.05) is 0 Å². The highest BCUT2D eigenvalue weighted by Crippen LogP contribution is 2.30. The number of hydrogen-bond acceptors (Lipinski definition) is 6. The van der Waals surface area contributed by atoms with Crippen molar-refractivity contribution in [2.24, 2.45) is 5.10 Å². The van der Waals surface area contributed by atoms with Crippen molar-refractivity contribution in [1.82, 2.24) is 5.43 Å². The first-order chi connectivity index (χ1) is 13.0. The van der Waals surface area contributed by atoms with Crippen LogP contribution in [0.25, 0.3) is 0 Å². The standard InChI is InChI=1S/C19H15N3O4S/c23-18(21-20-13-16-11-12-17(27-16)22(25)26)19(24,14-7-3-1-4-8-14)15-9-5-2-6-10-15/h1-13,24H,(H,21,23)/b20-13+. The van der Waals surface area contributed by atoms with Gasteiger partial charge in [-0.15, -0.1) is 0 Å². The Kier molecular flexibility index (Phi) is 5.39. The van der Waals surface area contributed by atoms with Gasteiger partial charge in [-0.3, -0.25) is 14.9 Å². The summed E-state index contributed by atoms with van der Waals surface area (Å²) in [7, 11) is 0. The van der Waals surface area contributed by atoms with Crippen LogP contribution in [0.3, 0.4) is 0 Å². The molecule has 0 aliphatic carbocycles. The molecule has 27 heavy (non-hydrogen) atoms. The van der Waals surface area contributed by atoms with Crippen molar-refractivity contribution in [2.75, 3.05) is 0 Å². The number of amides is 1. The van der Waals surface area contributed by atoms with Gasteiger partial charge in [0.15, 0.2) is 5.60 Å². The van der Waals surface area contributed by atoms with Gasteiger partial charge >= 0.3 is 5.00 Å². The van der Waals surface area contributed by atoms with Gasteiger partial charge < -0.3 is 5.11 Å². The van der Waals surface area contributed by atoms with Crippen molar-refractivity contribution in [1.29, 1.82) is 0 Å². The van der Waals surface area contributed by atoms with E-state index in [0.29, 0.717) is 16.0 Å². The van der Waals surface area contributed by atoms with Gasteiger partial charge in [-0.25, -0.2) is 5.43 Å². The second kappa shape index (κ2) is 7.90. The molecule has 0 bridgehead atoms. The molecule has 2 N–H and O–H groups in total. The molecule has 1 heterocycles. The van der Waals surface area contributed by atoms with Crippen LogP contribution >= 0.6 is 11.3 Å². The lowest BCUT2D eigenvalue weighted by Gasteiger charge is -2.26. The van der Waals surface area contributed by atoms with Crippen molar-refractivity contribution < 1.29 is 14.8 Å². The number of hydrazone groups is 1. The Bertz CT molecular complexity index is 931. The average Bonchev–Trinajstić information content (AvgIpc) is 3.18. The monoisotopic (exact) mass is 381 g/mol. The minimum absolute atomic E-state index is 0.0205. The summed E-state index contributed by atoms with van der Waals surface area (Å²) in [6.07, 6.45) is 1.30. The molecule has 3 rings (SSSR count). The van der Waals surface area contributed by atoms with E-state index in [1.165, 1.54) is 18.3 Å². The zero-order valence-electron chi connectivity index (χ0n) is 14.0. The summed E-state index contributed by atoms with van der Waals surface area (Å²) in [5, 5.41) is 25.7. The Morgan fingerprint density at radius 1 is 1.04 bits per heavy atom. The van der Waals surface area contributed by atoms with Crippen LogP contribution in [0.1, 0.15) is 16.0 Å². The molecule has 1 amide bonds. The van der Waals surface area contributed by atoms with E-state index in [2.05, 4.69) is 10.5 Å². The number of carbonyl (C=O) groups is 1. The highest BCUT2D eigenvalue weighted by atomic mass is 32.1. The molecular weight excluding hydrogens is 366 g/mol. The summed E-state index contributed by atoms with van der Waals surface area (Å²) in [6.45, 7) is 0. The van der Waals surface area contributed by atoms with E-state index in [-0.39, 0.29) is 5.00 Å². The predicted octanol–water partition coefficient (Wildman–Crippen LogP) is 3.04. The van der Waals surface area contributed by atoms with E-state index in [9.17, 15) is 20.0 Å². The predicted molar refractivity (Wildman–Crippen MR) is 103 cm³/mol. The second-order valence-electron chi connectivity index (χ2n) is 5.57. The maximum Gasteiger partial charge on any atom is 0.324 e. The van der Waals surface area contributed by atoms with Crippen LogP contribution in [0.5, 0.6) is 0 Å². The van der Waals surface area contributed by atoms with Crippen LogP contribution in [0.4, 0.5) is 5.00 Å². The van der Waals surface area contributed by atoms with Gasteiger partial charge in [0.2, 0.25) is 0 Å². The number of nitro groups is 1. The lowest BCUT2D eigenvalue weighted by atomic mass is 9.85. The highest BCUT2D eigenvalue weighted by Gasteiger charge is 2.39. The van der Waals surface area contributed by atoms with Gasteiger partial charge in [0.05, 0.1) is 16.0 Å². The van der Waals surface area contributed by atoms with Crippen LogP contribution < -0.4 is 5.43 Å². The SMILES string of the molecule is O=C(N/N=C/c1ccc([N+](=O)[O-])s1)C(O)(c1ccccc1)c1ccccc1. The number of nitrogens with one attached hydrogen (secondary N) is 1. The summed E-state index contributed by atoms with van der Waals surface area (Å²) in [4.78, 5) is 23.5. The van der Waals surface area contributed by atoms with E-state index < -0.39 is 16.4 Å². The minimum atomic E-state index is -1.93. The number of aliphatic hydroxyl groups is 1. The third-order valence-electron chi connectivity index (χ3n) is 3.86. The largest absolute Gasteiger partial charge is 0.372 e. The molecular formula is C19H15N3O4S. The van der Waals surface area contributed by atoms with Crippen molar-refractivity contribution >= 4 is 28.5 Å². The number of benzene rings is 2. The van der Waals surface area contributed by atoms with Crippen molar-refractivity contribution in [3.63, 3.8) is 0 Å². The molecule has 0 spiro atoms. The summed E-state index contributed by atoms with van der Waals surface area (Å²) >= 11 is 0.931. The van der Waals surface area contributed by atoms with Gasteiger partial charge in [0.1, 0.15) is 0 Å². The van der Waals surface area contributed by atoms with Gasteiger partial charge in [-0.1, -0.05) is 72.0 Å². The Balaban J connectivity index is 1.85. The number of rotatable bonds is 6. The molecule has 0 aliphatic rings. The van der Waals surface area contributed by atoms with E-state index in [1.54, 1.807) is 60.7 Å². The van der Waals surface area contributed by atoms with E-state index in [0.717, 1.165) is 11.3 Å². The molecule has 0 fully saturated rings. The van der Waals surface area contributed by atoms with Crippen LogP contribution in [0.15, 0.2) is 77.9 Å². The first kappa shape index (κ1) is 18.4. The van der Waals surface area contributed by atoms with Crippen LogP contribution in [-0.2, 0) is 10.4 Å². The van der Waals surface area contributed by atoms with Crippen molar-refractivity contribution in [3.8, 4) is 0 Å². The summed E-state index contributed by atoms with van der Waals surface area (Å²) in [5.41, 5.74) is 1.19. The molecule has 0 radical (unpaired) electrons. The Morgan fingerprint density at radius 2 is 1.59 bits per heavy atom. The van der Waals surface area contributed by atoms with E-state index >= 15 is 0 Å². The maximum absolute atomic E-state index is 12.8. The summed E-state index contributed by atoms with van der Waals surface area (Å²) in [6, 6.07) is 20.0. The number of hydrogen-bond donors (Lipinski definition) is 2. The summed E-state index contributed by atoms with van der Waals surface area (Å²) < 4.78 is 0. The molecule has 0 unspecified atom stereocenters. The molecule has 1 aromatic heterocycles. The molecule has 3 aromatic rings. The van der Waals surface area contributed by atoms with Crippen LogP contribution in [-0.4, -0.2) is 22.2 Å². The van der Waals surface area contributed by atoms with Gasteiger partial charge in [-0.05, 0) is 17.2 Å². The van der Waals surface area contributed by atoms with Gasteiger partial charge in [0.25, 0.3) is 5.91 Å². The first-order valence-corrected chi connectivity index (χ1v) is 8.74. The van der Waals surface area contributed by atoms with E-state index in [4.69, 9.17) is 0 Å². The molecule has 0 saturated carbocycles. The number of nitrogens with zero attached hydrogens (tertiary/aromatic N) is 2. The van der Waals surface area contributed by atoms with Crippen LogP contribution in [0, 0.1) is 10.1 Å². The Hall–Kier alpha value is -3.36. The Labute approximate surface area is 158 Å².